The molecule has 10 heteroatoms. The lowest BCUT2D eigenvalue weighted by molar-refractivity contribution is -0.274. The normalized spacial score (nSPS) is 21.4. The molecule has 35 heavy (non-hydrogen) atoms. The van der Waals surface area contributed by atoms with Gasteiger partial charge in [-0.25, -0.2) is 13.1 Å². The van der Waals surface area contributed by atoms with E-state index in [1.165, 1.54) is 0 Å². The maximum absolute atomic E-state index is 13.0. The quantitative estimate of drug-likeness (QED) is 0.395. The van der Waals surface area contributed by atoms with Gasteiger partial charge in [-0.3, -0.25) is 0 Å². The zero-order valence-electron chi connectivity index (χ0n) is 18.4. The van der Waals surface area contributed by atoms with Crippen LogP contribution in [0.4, 0.5) is 13.2 Å². The van der Waals surface area contributed by atoms with Gasteiger partial charge in [-0.1, -0.05) is 36.4 Å². The molecule has 0 unspecified atom stereocenters. The van der Waals surface area contributed by atoms with Gasteiger partial charge in [0.25, 0.3) is 0 Å². The van der Waals surface area contributed by atoms with Crippen molar-refractivity contribution in [3.8, 4) is 5.75 Å². The Labute approximate surface area is 200 Å². The number of benzene rings is 3. The van der Waals surface area contributed by atoms with Gasteiger partial charge in [-0.15, -0.1) is 13.2 Å². The lowest BCUT2D eigenvalue weighted by Crippen LogP contribution is -2.49. The van der Waals surface area contributed by atoms with E-state index in [1.54, 1.807) is 0 Å². The molecular weight excluding hydrogens is 481 g/mol. The van der Waals surface area contributed by atoms with Crippen LogP contribution in [0.5, 0.6) is 5.75 Å². The van der Waals surface area contributed by atoms with Gasteiger partial charge in [0, 0.05) is 21.8 Å². The van der Waals surface area contributed by atoms with Crippen LogP contribution in [0.1, 0.15) is 25.3 Å². The van der Waals surface area contributed by atoms with Crippen LogP contribution in [-0.2, 0) is 10.0 Å². The number of nitrogens with zero attached hydrogens (tertiary/aromatic N) is 1. The Hall–Kier alpha value is -3.08. The number of hydrogen-bond acceptors (Lipinski definition) is 4. The van der Waals surface area contributed by atoms with Crippen LogP contribution in [0.3, 0.4) is 0 Å². The van der Waals surface area contributed by atoms with Gasteiger partial charge in [0.2, 0.25) is 10.0 Å². The molecule has 1 aromatic heterocycles. The number of nitrogens with one attached hydrogen (secondary N) is 1. The highest BCUT2D eigenvalue weighted by molar-refractivity contribution is 7.89. The minimum Gasteiger partial charge on any atom is -0.406 e. The highest BCUT2D eigenvalue weighted by Gasteiger charge is 2.37. The van der Waals surface area contributed by atoms with Crippen molar-refractivity contribution in [2.75, 3.05) is 0 Å². The maximum atomic E-state index is 13.0. The number of halogens is 3. The zero-order valence-corrected chi connectivity index (χ0v) is 19.3. The maximum Gasteiger partial charge on any atom is 0.573 e. The Morgan fingerprint density at radius 3 is 2.03 bits per heavy atom. The van der Waals surface area contributed by atoms with Crippen molar-refractivity contribution in [2.24, 2.45) is 0 Å². The Morgan fingerprint density at radius 2 is 1.46 bits per heavy atom. The average molecular weight is 505 g/mol. The van der Waals surface area contributed by atoms with E-state index in [2.05, 4.69) is 14.0 Å². The van der Waals surface area contributed by atoms with Crippen LogP contribution in [0.2, 0.25) is 0 Å². The molecule has 6 nitrogen and oxygen atoms in total. The summed E-state index contributed by atoms with van der Waals surface area (Å²) in [4.78, 5) is -0.210. The molecule has 1 fully saturated rings. The molecular formula is C25H23F3N2O4S. The summed E-state index contributed by atoms with van der Waals surface area (Å²) in [5.41, 5.74) is 1.92. The molecule has 1 heterocycles. The highest BCUT2D eigenvalue weighted by atomic mass is 32.2. The second-order valence-electron chi connectivity index (χ2n) is 8.64. The van der Waals surface area contributed by atoms with Crippen LogP contribution in [-0.4, -0.2) is 36.6 Å². The number of sulfonamides is 1. The summed E-state index contributed by atoms with van der Waals surface area (Å²) in [7, 11) is -4.09. The van der Waals surface area contributed by atoms with Gasteiger partial charge in [0.15, 0.2) is 0 Å². The number of rotatable bonds is 5. The number of aromatic nitrogens is 1. The average Bonchev–Trinajstić information content (AvgIpc) is 3.14. The molecule has 0 radical (unpaired) electrons. The van der Waals surface area contributed by atoms with E-state index in [9.17, 15) is 26.7 Å². The van der Waals surface area contributed by atoms with E-state index >= 15 is 0 Å². The number of alkyl halides is 3. The molecule has 0 bridgehead atoms. The van der Waals surface area contributed by atoms with Crippen molar-refractivity contribution in [2.45, 2.75) is 48.7 Å². The third kappa shape index (κ3) is 4.61. The first kappa shape index (κ1) is 23.7. The third-order valence-corrected chi connectivity index (χ3v) is 7.95. The number of aliphatic hydroxyl groups excluding tert-OH is 1. The van der Waals surface area contributed by atoms with Gasteiger partial charge in [-0.05, 0) is 55.7 Å². The topological polar surface area (TPSA) is 80.6 Å². The first-order valence-electron chi connectivity index (χ1n) is 11.2. The second-order valence-corrected chi connectivity index (χ2v) is 10.4. The summed E-state index contributed by atoms with van der Waals surface area (Å²) in [5.74, 6) is -0.513. The molecule has 0 amide bonds. The van der Waals surface area contributed by atoms with Crippen LogP contribution < -0.4 is 9.46 Å². The van der Waals surface area contributed by atoms with Gasteiger partial charge < -0.3 is 14.4 Å². The molecule has 0 spiro atoms. The largest absolute Gasteiger partial charge is 0.573 e. The summed E-state index contributed by atoms with van der Waals surface area (Å²) in [5, 5.41) is 13.4. The minimum absolute atomic E-state index is 0.210. The molecule has 0 saturated heterocycles. The fraction of sp³-hybridized carbons (Fsp3) is 0.280. The lowest BCUT2D eigenvalue weighted by atomic mass is 9.88. The molecule has 1 aliphatic rings. The van der Waals surface area contributed by atoms with Gasteiger partial charge in [0.05, 0.1) is 23.1 Å². The Morgan fingerprint density at radius 1 is 0.886 bits per heavy atom. The molecule has 4 aromatic rings. The third-order valence-electron chi connectivity index (χ3n) is 6.44. The Balaban J connectivity index is 1.42. The van der Waals surface area contributed by atoms with Crippen LogP contribution >= 0.6 is 0 Å². The van der Waals surface area contributed by atoms with E-state index in [0.29, 0.717) is 19.3 Å². The molecule has 1 saturated carbocycles. The van der Waals surface area contributed by atoms with Crippen molar-refractivity contribution >= 4 is 31.8 Å². The standard InChI is InChI=1S/C25H23F3N2O4S/c26-25(27,28)34-16-12-14-17(15-13-16)35(32,33)29-20-8-5-11-23(24(20)31)30-21-9-3-1-6-18(21)19-7-2-4-10-22(19)30/h1-4,6-7,9-10,12-15,20,23-24,29,31H,5,8,11H2/t20-,23+,24+/m1/s1. The van der Waals surface area contributed by atoms with Crippen LogP contribution in [0.15, 0.2) is 77.7 Å². The van der Waals surface area contributed by atoms with Crippen molar-refractivity contribution < 1.29 is 31.4 Å². The zero-order chi connectivity index (χ0) is 24.8. The lowest BCUT2D eigenvalue weighted by Gasteiger charge is -2.36. The molecule has 2 N–H and O–H groups in total. The summed E-state index contributed by atoms with van der Waals surface area (Å²) < 4.78 is 71.6. The van der Waals surface area contributed by atoms with E-state index in [4.69, 9.17) is 0 Å². The molecule has 3 aromatic carbocycles. The van der Waals surface area contributed by atoms with Gasteiger partial charge >= 0.3 is 6.36 Å². The molecule has 5 rings (SSSR count). The first-order valence-corrected chi connectivity index (χ1v) is 12.7. The van der Waals surface area contributed by atoms with Crippen LogP contribution in [0.25, 0.3) is 21.8 Å². The Kier molecular flexibility index (Phi) is 5.98. The van der Waals surface area contributed by atoms with E-state index in [-0.39, 0.29) is 10.9 Å². The van der Waals surface area contributed by atoms with Crippen LogP contribution in [0, 0.1) is 0 Å². The number of ether oxygens (including phenoxy) is 1. The number of fused-ring (bicyclic) bond motifs is 3. The SMILES string of the molecule is O=S(=O)(N[C@@H]1CCC[C@H](n2c3ccccc3c3ccccc32)[C@H]1O)c1ccc(OC(F)(F)F)cc1. The monoisotopic (exact) mass is 504 g/mol. The van der Waals surface area contributed by atoms with E-state index < -0.39 is 34.3 Å². The first-order chi connectivity index (χ1) is 16.6. The number of aliphatic hydroxyl groups is 1. The molecule has 0 aliphatic heterocycles. The highest BCUT2D eigenvalue weighted by Crippen LogP contribution is 2.38. The molecule has 1 aliphatic carbocycles. The predicted octanol–water partition coefficient (Wildman–Crippen LogP) is 5.13. The second kappa shape index (κ2) is 8.85. The number of para-hydroxylation sites is 2. The molecule has 3 atom stereocenters. The van der Waals surface area contributed by atoms with Crippen molar-refractivity contribution in [1.29, 1.82) is 0 Å². The molecule has 184 valence electrons. The summed E-state index contributed by atoms with van der Waals surface area (Å²) >= 11 is 0. The Bertz CT molecular complexity index is 1410. The fourth-order valence-corrected chi connectivity index (χ4v) is 6.25. The van der Waals surface area contributed by atoms with E-state index in [1.807, 2.05) is 48.5 Å². The van der Waals surface area contributed by atoms with Gasteiger partial charge in [-0.2, -0.15) is 0 Å². The smallest absolute Gasteiger partial charge is 0.406 e. The number of hydrogen-bond donors (Lipinski definition) is 2. The van der Waals surface area contributed by atoms with E-state index in [0.717, 1.165) is 46.1 Å². The predicted molar refractivity (Wildman–Crippen MR) is 126 cm³/mol. The van der Waals surface area contributed by atoms with Crippen molar-refractivity contribution in [1.82, 2.24) is 9.29 Å². The van der Waals surface area contributed by atoms with Crippen molar-refractivity contribution in [3.05, 3.63) is 72.8 Å². The summed E-state index contributed by atoms with van der Waals surface area (Å²) in [6, 6.07) is 18.7. The summed E-state index contributed by atoms with van der Waals surface area (Å²) in [6.07, 6.45) is -4.08. The minimum atomic E-state index is -4.87. The fourth-order valence-electron chi connectivity index (χ4n) is 4.96. The van der Waals surface area contributed by atoms with Crippen molar-refractivity contribution in [3.63, 3.8) is 0 Å². The summed E-state index contributed by atoms with van der Waals surface area (Å²) in [6.45, 7) is 0. The van der Waals surface area contributed by atoms with Gasteiger partial charge in [0.1, 0.15) is 5.75 Å².